The van der Waals surface area contributed by atoms with Gasteiger partial charge in [-0.1, -0.05) is 56.0 Å². The fraction of sp³-hybridized carbons (Fsp3) is 0.500. The summed E-state index contributed by atoms with van der Waals surface area (Å²) in [7, 11) is 0. The predicted octanol–water partition coefficient (Wildman–Crippen LogP) is 3.93. The first kappa shape index (κ1) is 17.9. The second kappa shape index (κ2) is 8.99. The number of rotatable bonds is 5. The number of amides is 1. The zero-order valence-electron chi connectivity index (χ0n) is 14.1. The molecule has 3 rings (SSSR count). The van der Waals surface area contributed by atoms with Crippen molar-refractivity contribution in [3.05, 3.63) is 30.1 Å². The van der Waals surface area contributed by atoms with Gasteiger partial charge in [-0.2, -0.15) is 0 Å². The average Bonchev–Trinajstić information content (AvgIpc) is 3.04. The lowest BCUT2D eigenvalue weighted by atomic mass is 9.97. The van der Waals surface area contributed by atoms with Gasteiger partial charge >= 0.3 is 0 Å². The van der Waals surface area contributed by atoms with Crippen molar-refractivity contribution in [3.8, 4) is 11.4 Å². The number of nitrogens with one attached hydrogen (secondary N) is 2. The van der Waals surface area contributed by atoms with Gasteiger partial charge in [-0.3, -0.25) is 9.89 Å². The topological polar surface area (TPSA) is 70.7 Å². The van der Waals surface area contributed by atoms with Crippen LogP contribution >= 0.6 is 11.8 Å². The van der Waals surface area contributed by atoms with E-state index in [0.717, 1.165) is 12.8 Å². The molecule has 0 aliphatic heterocycles. The molecule has 0 atom stereocenters. The normalized spacial score (nSPS) is 16.2. The van der Waals surface area contributed by atoms with E-state index in [1.807, 2.05) is 0 Å². The predicted molar refractivity (Wildman–Crippen MR) is 96.8 cm³/mol. The van der Waals surface area contributed by atoms with Gasteiger partial charge in [0.15, 0.2) is 5.82 Å². The van der Waals surface area contributed by atoms with Crippen LogP contribution in [0, 0.1) is 5.82 Å². The van der Waals surface area contributed by atoms with E-state index in [1.54, 1.807) is 18.2 Å². The number of carbonyl (C=O) groups is 1. The molecule has 25 heavy (non-hydrogen) atoms. The molecule has 0 unspecified atom stereocenters. The Kier molecular flexibility index (Phi) is 6.44. The van der Waals surface area contributed by atoms with Gasteiger partial charge in [-0.15, -0.1) is 5.10 Å². The molecule has 1 heterocycles. The fourth-order valence-corrected chi connectivity index (χ4v) is 3.69. The summed E-state index contributed by atoms with van der Waals surface area (Å²) in [6.45, 7) is 0. The van der Waals surface area contributed by atoms with Crippen LogP contribution in [-0.4, -0.2) is 32.9 Å². The number of H-pyrrole nitrogens is 1. The highest BCUT2D eigenvalue weighted by Gasteiger charge is 2.15. The largest absolute Gasteiger partial charge is 0.353 e. The van der Waals surface area contributed by atoms with Crippen LogP contribution < -0.4 is 5.32 Å². The molecule has 1 saturated carbocycles. The monoisotopic (exact) mass is 362 g/mol. The summed E-state index contributed by atoms with van der Waals surface area (Å²) in [4.78, 5) is 16.4. The number of halogens is 1. The Balaban J connectivity index is 1.50. The highest BCUT2D eigenvalue weighted by atomic mass is 32.2. The van der Waals surface area contributed by atoms with Crippen molar-refractivity contribution in [2.75, 3.05) is 5.75 Å². The smallest absolute Gasteiger partial charge is 0.230 e. The van der Waals surface area contributed by atoms with Crippen LogP contribution in [0.4, 0.5) is 4.39 Å². The summed E-state index contributed by atoms with van der Waals surface area (Å²) in [5.41, 5.74) is 0.376. The van der Waals surface area contributed by atoms with E-state index in [4.69, 9.17) is 0 Å². The Morgan fingerprint density at radius 3 is 2.68 bits per heavy atom. The summed E-state index contributed by atoms with van der Waals surface area (Å²) in [6.07, 6.45) is 8.33. The molecule has 0 radical (unpaired) electrons. The minimum atomic E-state index is -0.350. The van der Waals surface area contributed by atoms with Gasteiger partial charge in [-0.05, 0) is 25.0 Å². The average molecular weight is 362 g/mol. The molecule has 1 amide bonds. The SMILES string of the molecule is O=C(CSc1n[nH]c(-c2ccccc2F)n1)NC1CCCCCCC1. The number of nitrogens with zero attached hydrogens (tertiary/aromatic N) is 2. The first-order chi connectivity index (χ1) is 12.2. The summed E-state index contributed by atoms with van der Waals surface area (Å²) in [5.74, 6) is 0.302. The van der Waals surface area contributed by atoms with E-state index >= 15 is 0 Å². The van der Waals surface area contributed by atoms with E-state index in [0.29, 0.717) is 16.5 Å². The van der Waals surface area contributed by atoms with E-state index in [2.05, 4.69) is 20.5 Å². The molecular weight excluding hydrogens is 339 g/mol. The number of hydrogen-bond donors (Lipinski definition) is 2. The van der Waals surface area contributed by atoms with Gasteiger partial charge in [0, 0.05) is 6.04 Å². The lowest BCUT2D eigenvalue weighted by Crippen LogP contribution is -2.36. The van der Waals surface area contributed by atoms with Gasteiger partial charge in [0.25, 0.3) is 0 Å². The van der Waals surface area contributed by atoms with Gasteiger partial charge in [0.1, 0.15) is 5.82 Å². The summed E-state index contributed by atoms with van der Waals surface area (Å²) in [5, 5.41) is 10.4. The summed E-state index contributed by atoms with van der Waals surface area (Å²) >= 11 is 1.26. The Morgan fingerprint density at radius 1 is 1.20 bits per heavy atom. The van der Waals surface area contributed by atoms with Crippen molar-refractivity contribution in [3.63, 3.8) is 0 Å². The maximum atomic E-state index is 13.8. The lowest BCUT2D eigenvalue weighted by molar-refractivity contribution is -0.119. The molecule has 1 aliphatic rings. The molecular formula is C18H23FN4OS. The Bertz CT molecular complexity index is 698. The van der Waals surface area contributed by atoms with Crippen molar-refractivity contribution in [1.82, 2.24) is 20.5 Å². The van der Waals surface area contributed by atoms with E-state index in [1.165, 1.54) is 49.9 Å². The number of aromatic nitrogens is 3. The number of thioether (sulfide) groups is 1. The second-order valence-corrected chi connectivity index (χ2v) is 7.29. The molecule has 1 aromatic heterocycles. The molecule has 7 heteroatoms. The fourth-order valence-electron chi connectivity index (χ4n) is 3.08. The van der Waals surface area contributed by atoms with Crippen LogP contribution in [0.3, 0.4) is 0 Å². The Morgan fingerprint density at radius 2 is 1.92 bits per heavy atom. The first-order valence-electron chi connectivity index (χ1n) is 8.82. The third kappa shape index (κ3) is 5.29. The molecule has 134 valence electrons. The molecule has 1 fully saturated rings. The molecule has 1 aromatic carbocycles. The maximum absolute atomic E-state index is 13.8. The van der Waals surface area contributed by atoms with Gasteiger partial charge < -0.3 is 5.32 Å². The molecule has 5 nitrogen and oxygen atoms in total. The lowest BCUT2D eigenvalue weighted by Gasteiger charge is -2.20. The van der Waals surface area contributed by atoms with Crippen LogP contribution in [0.25, 0.3) is 11.4 Å². The zero-order chi connectivity index (χ0) is 17.5. The highest BCUT2D eigenvalue weighted by molar-refractivity contribution is 7.99. The Hall–Kier alpha value is -1.89. The van der Waals surface area contributed by atoms with Crippen molar-refractivity contribution in [1.29, 1.82) is 0 Å². The minimum Gasteiger partial charge on any atom is -0.353 e. The third-order valence-electron chi connectivity index (χ3n) is 4.40. The Labute approximate surface area is 151 Å². The number of aromatic amines is 1. The van der Waals surface area contributed by atoms with Crippen molar-refractivity contribution in [2.45, 2.75) is 56.1 Å². The zero-order valence-corrected chi connectivity index (χ0v) is 14.9. The summed E-state index contributed by atoms with van der Waals surface area (Å²) < 4.78 is 13.8. The highest BCUT2D eigenvalue weighted by Crippen LogP contribution is 2.22. The molecule has 1 aliphatic carbocycles. The van der Waals surface area contributed by atoms with Gasteiger partial charge in [0.05, 0.1) is 11.3 Å². The minimum absolute atomic E-state index is 0.00724. The second-order valence-electron chi connectivity index (χ2n) is 6.34. The maximum Gasteiger partial charge on any atom is 0.230 e. The summed E-state index contributed by atoms with van der Waals surface area (Å²) in [6, 6.07) is 6.69. The van der Waals surface area contributed by atoms with Crippen LogP contribution in [0.5, 0.6) is 0 Å². The molecule has 0 bridgehead atoms. The van der Waals surface area contributed by atoms with Gasteiger partial charge in [0.2, 0.25) is 11.1 Å². The van der Waals surface area contributed by atoms with Crippen molar-refractivity contribution >= 4 is 17.7 Å². The van der Waals surface area contributed by atoms with Crippen LogP contribution in [0.2, 0.25) is 0 Å². The van der Waals surface area contributed by atoms with Crippen LogP contribution in [-0.2, 0) is 4.79 Å². The number of hydrogen-bond acceptors (Lipinski definition) is 4. The molecule has 0 spiro atoms. The van der Waals surface area contributed by atoms with E-state index in [-0.39, 0.29) is 23.5 Å². The quantitative estimate of drug-likeness (QED) is 0.791. The number of benzene rings is 1. The first-order valence-corrected chi connectivity index (χ1v) is 9.80. The standard InChI is InChI=1S/C18H23FN4OS/c19-15-11-7-6-10-14(15)17-21-18(23-22-17)25-12-16(24)20-13-8-4-2-1-3-5-9-13/h6-7,10-11,13H,1-5,8-9,12H2,(H,20,24)(H,21,22,23). The van der Waals surface area contributed by atoms with E-state index in [9.17, 15) is 9.18 Å². The third-order valence-corrected chi connectivity index (χ3v) is 5.24. The van der Waals surface area contributed by atoms with E-state index < -0.39 is 0 Å². The number of carbonyl (C=O) groups excluding carboxylic acids is 1. The van der Waals surface area contributed by atoms with Crippen LogP contribution in [0.15, 0.2) is 29.4 Å². The molecule has 2 N–H and O–H groups in total. The van der Waals surface area contributed by atoms with Crippen LogP contribution in [0.1, 0.15) is 44.9 Å². The molecule has 2 aromatic rings. The van der Waals surface area contributed by atoms with Crippen molar-refractivity contribution in [2.24, 2.45) is 0 Å². The van der Waals surface area contributed by atoms with Gasteiger partial charge in [-0.25, -0.2) is 9.37 Å². The van der Waals surface area contributed by atoms with Crippen molar-refractivity contribution < 1.29 is 9.18 Å². The molecule has 0 saturated heterocycles.